The van der Waals surface area contributed by atoms with Crippen molar-refractivity contribution < 1.29 is 10.2 Å². The van der Waals surface area contributed by atoms with E-state index in [1.54, 1.807) is 12.1 Å². The van der Waals surface area contributed by atoms with Crippen molar-refractivity contribution in [3.63, 3.8) is 0 Å². The number of hydrogen-bond donors (Lipinski definition) is 2. The molecule has 2 aromatic carbocycles. The number of phenolic OH excluding ortho intramolecular Hbond substituents is 2. The van der Waals surface area contributed by atoms with E-state index in [4.69, 9.17) is 0 Å². The minimum absolute atomic E-state index is 0.316. The van der Waals surface area contributed by atoms with Gasteiger partial charge in [0.2, 0.25) is 0 Å². The minimum atomic E-state index is -0.784. The van der Waals surface area contributed by atoms with E-state index in [1.807, 2.05) is 38.1 Å². The van der Waals surface area contributed by atoms with Gasteiger partial charge in [-0.2, -0.15) is 0 Å². The summed E-state index contributed by atoms with van der Waals surface area (Å²) in [5.74, 6) is 0.632. The number of hydrogen-bond acceptors (Lipinski definition) is 2. The smallest absolute Gasteiger partial charge is 0.123 e. The maximum atomic E-state index is 10.2. The Bertz CT molecular complexity index is 569. The van der Waals surface area contributed by atoms with Crippen LogP contribution in [-0.4, -0.2) is 15.9 Å². The Kier molecular flexibility index (Phi) is 4.35. The molecule has 0 fully saturated rings. The van der Waals surface area contributed by atoms with Gasteiger partial charge in [-0.15, -0.1) is 0 Å². The normalized spacial score (nSPS) is 11.3. The number of aromatic hydroxyl groups is 2. The summed E-state index contributed by atoms with van der Waals surface area (Å²) in [6.45, 7) is 8.31. The summed E-state index contributed by atoms with van der Waals surface area (Å²) in [7, 11) is -0.784. The van der Waals surface area contributed by atoms with E-state index >= 15 is 0 Å². The highest BCUT2D eigenvalue weighted by Crippen LogP contribution is 2.44. The van der Waals surface area contributed by atoms with Crippen LogP contribution in [0.25, 0.3) is 0 Å². The molecule has 0 saturated heterocycles. The van der Waals surface area contributed by atoms with Crippen LogP contribution in [0.4, 0.5) is 0 Å². The molecule has 0 unspecified atom stereocenters. The molecule has 20 heavy (non-hydrogen) atoms. The van der Waals surface area contributed by atoms with Crippen LogP contribution in [0.2, 0.25) is 0 Å². The molecule has 0 heterocycles. The summed E-state index contributed by atoms with van der Waals surface area (Å²) in [4.78, 5) is 0. The largest absolute Gasteiger partial charge is 0.507 e. The molecule has 0 radical (unpaired) electrons. The fourth-order valence-corrected chi connectivity index (χ4v) is 5.04. The molecule has 2 aromatic rings. The van der Waals surface area contributed by atoms with Crippen molar-refractivity contribution in [3.8, 4) is 11.5 Å². The Morgan fingerprint density at radius 3 is 1.55 bits per heavy atom. The second kappa shape index (κ2) is 5.85. The third-order valence-corrected chi connectivity index (χ3v) is 6.08. The number of rotatable bonds is 3. The third-order valence-electron chi connectivity index (χ3n) is 3.30. The summed E-state index contributed by atoms with van der Waals surface area (Å²) in [6.07, 6.45) is 0. The van der Waals surface area contributed by atoms with Crippen LogP contribution in [-0.2, 0) is 0 Å². The molecule has 0 atom stereocenters. The molecule has 0 aromatic heterocycles. The van der Waals surface area contributed by atoms with Gasteiger partial charge in [-0.05, 0) is 51.7 Å². The molecule has 0 aliphatic rings. The standard InChI is InChI=1S/C17H21O2P/c1-11(2)20(16-9-12(3)5-7-14(16)18)17-10-13(4)6-8-15(17)19/h5-11,18-19H,1-4H3. The van der Waals surface area contributed by atoms with Crippen LogP contribution in [0.15, 0.2) is 36.4 Å². The second-order valence-electron chi connectivity index (χ2n) is 5.45. The van der Waals surface area contributed by atoms with Crippen LogP contribution >= 0.6 is 7.92 Å². The highest BCUT2D eigenvalue weighted by molar-refractivity contribution is 7.74. The van der Waals surface area contributed by atoms with Crippen molar-refractivity contribution in [3.05, 3.63) is 47.5 Å². The molecule has 2 N–H and O–H groups in total. The van der Waals surface area contributed by atoms with Crippen molar-refractivity contribution in [1.82, 2.24) is 0 Å². The lowest BCUT2D eigenvalue weighted by molar-refractivity contribution is 0.479. The quantitative estimate of drug-likeness (QED) is 0.848. The predicted octanol–water partition coefficient (Wildman–Crippen LogP) is 3.56. The molecule has 0 bridgehead atoms. The van der Waals surface area contributed by atoms with E-state index in [0.717, 1.165) is 21.7 Å². The lowest BCUT2D eigenvalue weighted by Crippen LogP contribution is -2.19. The van der Waals surface area contributed by atoms with Crippen LogP contribution in [0.1, 0.15) is 25.0 Å². The van der Waals surface area contributed by atoms with E-state index in [9.17, 15) is 10.2 Å². The lowest BCUT2D eigenvalue weighted by Gasteiger charge is -2.25. The lowest BCUT2D eigenvalue weighted by atomic mass is 10.2. The average molecular weight is 288 g/mol. The Morgan fingerprint density at radius 2 is 1.20 bits per heavy atom. The first-order chi connectivity index (χ1) is 9.40. The van der Waals surface area contributed by atoms with Gasteiger partial charge < -0.3 is 10.2 Å². The van der Waals surface area contributed by atoms with Crippen LogP contribution in [0, 0.1) is 13.8 Å². The Balaban J connectivity index is 2.62. The zero-order valence-corrected chi connectivity index (χ0v) is 13.3. The Hall–Kier alpha value is -1.53. The molecule has 0 aliphatic carbocycles. The molecule has 0 aliphatic heterocycles. The highest BCUT2D eigenvalue weighted by atomic mass is 31.1. The number of phenols is 2. The van der Waals surface area contributed by atoms with Gasteiger partial charge in [-0.1, -0.05) is 37.1 Å². The van der Waals surface area contributed by atoms with Gasteiger partial charge in [-0.3, -0.25) is 0 Å². The molecule has 2 nitrogen and oxygen atoms in total. The minimum Gasteiger partial charge on any atom is -0.507 e. The monoisotopic (exact) mass is 288 g/mol. The summed E-state index contributed by atoms with van der Waals surface area (Å²) in [5.41, 5.74) is 2.58. The molecule has 0 amide bonds. The van der Waals surface area contributed by atoms with Crippen molar-refractivity contribution in [2.24, 2.45) is 0 Å². The van der Waals surface area contributed by atoms with Gasteiger partial charge in [0.25, 0.3) is 0 Å². The number of aryl methyl sites for hydroxylation is 2. The summed E-state index contributed by atoms with van der Waals surface area (Å²) in [5, 5.41) is 22.3. The number of benzene rings is 2. The van der Waals surface area contributed by atoms with Crippen molar-refractivity contribution in [1.29, 1.82) is 0 Å². The predicted molar refractivity (Wildman–Crippen MR) is 87.0 cm³/mol. The average Bonchev–Trinajstić information content (AvgIpc) is 2.37. The molecule has 3 heteroatoms. The summed E-state index contributed by atoms with van der Waals surface area (Å²) >= 11 is 0. The van der Waals surface area contributed by atoms with Gasteiger partial charge in [0, 0.05) is 10.6 Å². The highest BCUT2D eigenvalue weighted by Gasteiger charge is 2.23. The van der Waals surface area contributed by atoms with Gasteiger partial charge in [-0.25, -0.2) is 0 Å². The summed E-state index contributed by atoms with van der Waals surface area (Å²) in [6, 6.07) is 11.4. The fourth-order valence-electron chi connectivity index (χ4n) is 2.34. The fraction of sp³-hybridized carbons (Fsp3) is 0.294. The molecule has 0 spiro atoms. The van der Waals surface area contributed by atoms with Crippen molar-refractivity contribution >= 4 is 18.5 Å². The Morgan fingerprint density at radius 1 is 0.800 bits per heavy atom. The van der Waals surface area contributed by atoms with Gasteiger partial charge >= 0.3 is 0 Å². The van der Waals surface area contributed by atoms with E-state index in [-0.39, 0.29) is 0 Å². The molecule has 2 rings (SSSR count). The Labute approximate surface area is 121 Å². The van der Waals surface area contributed by atoms with Gasteiger partial charge in [0.05, 0.1) is 0 Å². The SMILES string of the molecule is Cc1ccc(O)c(P(c2cc(C)ccc2O)C(C)C)c1. The molecular formula is C17H21O2P. The van der Waals surface area contributed by atoms with E-state index < -0.39 is 7.92 Å². The van der Waals surface area contributed by atoms with E-state index in [1.165, 1.54) is 0 Å². The van der Waals surface area contributed by atoms with Crippen LogP contribution in [0.3, 0.4) is 0 Å². The van der Waals surface area contributed by atoms with Crippen molar-refractivity contribution in [2.45, 2.75) is 33.4 Å². The first-order valence-corrected chi connectivity index (χ1v) is 8.19. The topological polar surface area (TPSA) is 40.5 Å². The first-order valence-electron chi connectivity index (χ1n) is 6.78. The van der Waals surface area contributed by atoms with Gasteiger partial charge in [0.15, 0.2) is 0 Å². The zero-order chi connectivity index (χ0) is 14.9. The first kappa shape index (κ1) is 14.9. The van der Waals surface area contributed by atoms with Gasteiger partial charge in [0.1, 0.15) is 11.5 Å². The third kappa shape index (κ3) is 2.96. The van der Waals surface area contributed by atoms with Crippen molar-refractivity contribution in [2.75, 3.05) is 0 Å². The maximum Gasteiger partial charge on any atom is 0.123 e. The second-order valence-corrected chi connectivity index (χ2v) is 8.18. The molecule has 106 valence electrons. The molecular weight excluding hydrogens is 267 g/mol. The zero-order valence-electron chi connectivity index (χ0n) is 12.4. The van der Waals surface area contributed by atoms with Crippen LogP contribution in [0.5, 0.6) is 11.5 Å². The van der Waals surface area contributed by atoms with E-state index in [2.05, 4.69) is 13.8 Å². The molecule has 0 saturated carbocycles. The van der Waals surface area contributed by atoms with Crippen LogP contribution < -0.4 is 10.6 Å². The maximum absolute atomic E-state index is 10.2. The summed E-state index contributed by atoms with van der Waals surface area (Å²) < 4.78 is 0. The van der Waals surface area contributed by atoms with E-state index in [0.29, 0.717) is 17.2 Å².